The maximum Gasteiger partial charge on any atom is 0.136 e. The second-order valence-corrected chi connectivity index (χ2v) is 3.98. The number of aldehydes is 1. The third-order valence-electron chi connectivity index (χ3n) is 3.11. The molecule has 1 heterocycles. The summed E-state index contributed by atoms with van der Waals surface area (Å²) in [6.45, 7) is 0. The summed E-state index contributed by atoms with van der Waals surface area (Å²) >= 11 is 0. The first-order valence-electron chi connectivity index (χ1n) is 4.69. The molecule has 0 aromatic carbocycles. The van der Waals surface area contributed by atoms with Crippen molar-refractivity contribution in [2.45, 2.75) is 43.9 Å². The molecule has 0 radical (unpaired) electrons. The maximum absolute atomic E-state index is 10.5. The van der Waals surface area contributed by atoms with Gasteiger partial charge in [0.25, 0.3) is 0 Å². The Bertz CT molecular complexity index is 183. The average Bonchev–Trinajstić information content (AvgIpc) is 2.46. The van der Waals surface area contributed by atoms with Gasteiger partial charge in [-0.15, -0.1) is 0 Å². The number of aliphatic hydroxyl groups excluding tert-OH is 1. The largest absolute Gasteiger partial charge is 0.393 e. The van der Waals surface area contributed by atoms with Crippen molar-refractivity contribution in [1.29, 1.82) is 0 Å². The molecule has 0 aromatic heterocycles. The Morgan fingerprint density at radius 1 is 1.33 bits per heavy atom. The van der Waals surface area contributed by atoms with Gasteiger partial charge in [-0.2, -0.15) is 0 Å². The highest BCUT2D eigenvalue weighted by Gasteiger charge is 2.37. The fourth-order valence-electron chi connectivity index (χ4n) is 2.46. The summed E-state index contributed by atoms with van der Waals surface area (Å²) in [5.41, 5.74) is 0. The maximum atomic E-state index is 10.5. The summed E-state index contributed by atoms with van der Waals surface area (Å²) in [4.78, 5) is 10.5. The van der Waals surface area contributed by atoms with Crippen LogP contribution in [0.1, 0.15) is 25.7 Å². The second kappa shape index (κ2) is 3.15. The van der Waals surface area contributed by atoms with E-state index in [9.17, 15) is 9.90 Å². The molecule has 3 nitrogen and oxygen atoms in total. The van der Waals surface area contributed by atoms with Crippen LogP contribution in [0, 0.1) is 5.92 Å². The van der Waals surface area contributed by atoms with Gasteiger partial charge >= 0.3 is 0 Å². The van der Waals surface area contributed by atoms with Gasteiger partial charge in [-0.05, 0) is 31.6 Å². The van der Waals surface area contributed by atoms with E-state index in [4.69, 9.17) is 0 Å². The van der Waals surface area contributed by atoms with E-state index in [0.717, 1.165) is 32.0 Å². The van der Waals surface area contributed by atoms with Crippen molar-refractivity contribution in [3.63, 3.8) is 0 Å². The lowest BCUT2D eigenvalue weighted by atomic mass is 9.83. The molecule has 1 saturated heterocycles. The molecule has 0 amide bonds. The highest BCUT2D eigenvalue weighted by molar-refractivity contribution is 5.58. The van der Waals surface area contributed by atoms with Crippen molar-refractivity contribution < 1.29 is 9.90 Å². The van der Waals surface area contributed by atoms with Crippen LogP contribution in [0.4, 0.5) is 0 Å². The van der Waals surface area contributed by atoms with E-state index < -0.39 is 0 Å². The van der Waals surface area contributed by atoms with Gasteiger partial charge in [-0.1, -0.05) is 0 Å². The quantitative estimate of drug-likeness (QED) is 0.546. The molecule has 2 aliphatic rings. The molecule has 2 rings (SSSR count). The first kappa shape index (κ1) is 8.20. The third-order valence-corrected chi connectivity index (χ3v) is 3.11. The molecule has 1 saturated carbocycles. The summed E-state index contributed by atoms with van der Waals surface area (Å²) in [5.74, 6) is 0.628. The molecular formula is C9H15NO2. The Kier molecular flexibility index (Phi) is 2.15. The summed E-state index contributed by atoms with van der Waals surface area (Å²) in [6.07, 6.45) is 4.63. The van der Waals surface area contributed by atoms with E-state index in [1.165, 1.54) is 0 Å². The number of hydrogen-bond donors (Lipinski definition) is 2. The van der Waals surface area contributed by atoms with Crippen molar-refractivity contribution in [3.05, 3.63) is 0 Å². The molecule has 2 fully saturated rings. The van der Waals surface area contributed by atoms with Crippen LogP contribution in [0.3, 0.4) is 0 Å². The van der Waals surface area contributed by atoms with E-state index in [0.29, 0.717) is 12.0 Å². The third kappa shape index (κ3) is 1.39. The predicted molar refractivity (Wildman–Crippen MR) is 44.7 cm³/mol. The van der Waals surface area contributed by atoms with Gasteiger partial charge in [-0.3, -0.25) is 0 Å². The second-order valence-electron chi connectivity index (χ2n) is 3.98. The molecule has 0 spiro atoms. The van der Waals surface area contributed by atoms with Gasteiger partial charge in [-0.25, -0.2) is 0 Å². The summed E-state index contributed by atoms with van der Waals surface area (Å²) in [5, 5.41) is 12.6. The lowest BCUT2D eigenvalue weighted by molar-refractivity contribution is -0.109. The number of carbonyl (C=O) groups is 1. The first-order chi connectivity index (χ1) is 5.79. The molecule has 1 aliphatic carbocycles. The van der Waals surface area contributed by atoms with Crippen LogP contribution in [0.25, 0.3) is 0 Å². The van der Waals surface area contributed by atoms with Gasteiger partial charge in [0.1, 0.15) is 6.29 Å². The predicted octanol–water partition coefficient (Wildman–Crippen LogP) is 0.0768. The van der Waals surface area contributed by atoms with Crippen LogP contribution in [-0.2, 0) is 4.79 Å². The van der Waals surface area contributed by atoms with E-state index >= 15 is 0 Å². The van der Waals surface area contributed by atoms with Crippen molar-refractivity contribution in [2.24, 2.45) is 5.92 Å². The lowest BCUT2D eigenvalue weighted by Gasteiger charge is -2.28. The molecule has 3 heteroatoms. The Morgan fingerprint density at radius 2 is 2.17 bits per heavy atom. The van der Waals surface area contributed by atoms with E-state index in [-0.39, 0.29) is 12.1 Å². The van der Waals surface area contributed by atoms with Crippen molar-refractivity contribution in [3.8, 4) is 0 Å². The average molecular weight is 169 g/mol. The monoisotopic (exact) mass is 169 g/mol. The number of fused-ring (bicyclic) bond motifs is 1. The molecule has 12 heavy (non-hydrogen) atoms. The summed E-state index contributed by atoms with van der Waals surface area (Å²) in [6, 6.07) is 0.439. The Balaban J connectivity index is 1.97. The van der Waals surface area contributed by atoms with Crippen LogP contribution < -0.4 is 5.32 Å². The molecule has 0 unspecified atom stereocenters. The lowest BCUT2D eigenvalue weighted by Crippen LogP contribution is -2.38. The molecular weight excluding hydrogens is 154 g/mol. The zero-order valence-electron chi connectivity index (χ0n) is 7.07. The molecule has 0 bridgehead atoms. The van der Waals surface area contributed by atoms with Gasteiger partial charge in [0.15, 0.2) is 0 Å². The normalized spacial score (nSPS) is 47.1. The van der Waals surface area contributed by atoms with Crippen molar-refractivity contribution >= 4 is 6.29 Å². The summed E-state index contributed by atoms with van der Waals surface area (Å²) < 4.78 is 0. The molecule has 1 aliphatic heterocycles. The van der Waals surface area contributed by atoms with Crippen LogP contribution in [0.5, 0.6) is 0 Å². The number of carbonyl (C=O) groups excluding carboxylic acids is 1. The highest BCUT2D eigenvalue weighted by atomic mass is 16.3. The van der Waals surface area contributed by atoms with Crippen molar-refractivity contribution in [1.82, 2.24) is 5.32 Å². The molecule has 2 N–H and O–H groups in total. The van der Waals surface area contributed by atoms with Crippen molar-refractivity contribution in [2.75, 3.05) is 0 Å². The number of aliphatic hydroxyl groups is 1. The zero-order valence-corrected chi connectivity index (χ0v) is 7.07. The first-order valence-corrected chi connectivity index (χ1v) is 4.69. The summed E-state index contributed by atoms with van der Waals surface area (Å²) in [7, 11) is 0. The minimum atomic E-state index is -0.149. The smallest absolute Gasteiger partial charge is 0.136 e. The standard InChI is InChI=1S/C9H15NO2/c11-5-7-3-6-1-2-8(12)4-9(6)10-7/h5-10,12H,1-4H2/t6-,7-,8+,9-/m0/s1. The fraction of sp³-hybridized carbons (Fsp3) is 0.889. The number of nitrogens with one attached hydrogen (secondary N) is 1. The SMILES string of the molecule is O=C[C@@H]1C[C@@H]2CC[C@@H](O)C[C@@H]2N1. The molecule has 0 aromatic rings. The minimum absolute atomic E-state index is 0.0466. The van der Waals surface area contributed by atoms with Crippen LogP contribution in [-0.4, -0.2) is 29.6 Å². The van der Waals surface area contributed by atoms with E-state index in [1.54, 1.807) is 0 Å². The highest BCUT2D eigenvalue weighted by Crippen LogP contribution is 2.32. The number of rotatable bonds is 1. The molecule has 68 valence electrons. The van der Waals surface area contributed by atoms with Gasteiger partial charge in [0, 0.05) is 6.04 Å². The Labute approximate surface area is 72.2 Å². The van der Waals surface area contributed by atoms with Gasteiger partial charge in [0.05, 0.1) is 12.1 Å². The van der Waals surface area contributed by atoms with Gasteiger partial charge < -0.3 is 15.2 Å². The minimum Gasteiger partial charge on any atom is -0.393 e. The van der Waals surface area contributed by atoms with Crippen LogP contribution >= 0.6 is 0 Å². The van der Waals surface area contributed by atoms with E-state index in [2.05, 4.69) is 5.32 Å². The fourth-order valence-corrected chi connectivity index (χ4v) is 2.46. The Morgan fingerprint density at radius 3 is 2.92 bits per heavy atom. The van der Waals surface area contributed by atoms with E-state index in [1.807, 2.05) is 0 Å². The molecule has 4 atom stereocenters. The Hall–Kier alpha value is -0.410. The van der Waals surface area contributed by atoms with Crippen LogP contribution in [0.15, 0.2) is 0 Å². The van der Waals surface area contributed by atoms with Crippen LogP contribution in [0.2, 0.25) is 0 Å². The number of hydrogen-bond acceptors (Lipinski definition) is 3. The zero-order chi connectivity index (χ0) is 8.55. The van der Waals surface area contributed by atoms with Gasteiger partial charge in [0.2, 0.25) is 0 Å². The topological polar surface area (TPSA) is 49.3 Å².